The molecule has 0 aliphatic carbocycles. The molecule has 1 saturated heterocycles. The molecule has 6 nitrogen and oxygen atoms in total. The molecule has 0 radical (unpaired) electrons. The van der Waals surface area contributed by atoms with Crippen molar-refractivity contribution in [3.8, 4) is 16.9 Å². The molecule has 5 atom stereocenters. The minimum atomic E-state index is -2.27. The first kappa shape index (κ1) is 21.4. The predicted molar refractivity (Wildman–Crippen MR) is 86.1 cm³/mol. The van der Waals surface area contributed by atoms with Crippen molar-refractivity contribution in [1.82, 2.24) is 0 Å². The predicted octanol–water partition coefficient (Wildman–Crippen LogP) is 1.23. The zero-order valence-corrected chi connectivity index (χ0v) is 14.4. The van der Waals surface area contributed by atoms with Gasteiger partial charge in [-0.1, -0.05) is 12.1 Å². The van der Waals surface area contributed by atoms with Crippen LogP contribution in [0.3, 0.4) is 0 Å². The van der Waals surface area contributed by atoms with Gasteiger partial charge < -0.3 is 29.9 Å². The summed E-state index contributed by atoms with van der Waals surface area (Å²) >= 11 is 0. The fourth-order valence-corrected chi connectivity index (χ4v) is 2.86. The first-order valence-corrected chi connectivity index (χ1v) is 8.26. The lowest BCUT2D eigenvalue weighted by Crippen LogP contribution is -2.60. The first-order chi connectivity index (χ1) is 13.7. The van der Waals surface area contributed by atoms with Crippen LogP contribution in [0, 0.1) is 29.1 Å². The Hall–Kier alpha value is -2.31. The van der Waals surface area contributed by atoms with Gasteiger partial charge in [0.05, 0.1) is 12.2 Å². The van der Waals surface area contributed by atoms with Crippen molar-refractivity contribution in [1.29, 1.82) is 0 Å². The number of aliphatic hydroxyl groups is 4. The molecule has 158 valence electrons. The van der Waals surface area contributed by atoms with E-state index in [1.54, 1.807) is 0 Å². The summed E-state index contributed by atoms with van der Waals surface area (Å²) in [4.78, 5) is 0. The summed E-state index contributed by atoms with van der Waals surface area (Å²) in [6.45, 7) is -0.677. The van der Waals surface area contributed by atoms with Gasteiger partial charge in [-0.25, -0.2) is 22.0 Å². The molecular weight excluding hydrogens is 407 g/mol. The quantitative estimate of drug-likeness (QED) is 0.336. The van der Waals surface area contributed by atoms with Crippen molar-refractivity contribution < 1.29 is 51.9 Å². The number of ether oxygens (including phenoxy) is 2. The smallest absolute Gasteiger partial charge is 0.229 e. The highest BCUT2D eigenvalue weighted by atomic mass is 19.2. The van der Waals surface area contributed by atoms with E-state index in [2.05, 4.69) is 0 Å². The standard InChI is InChI=1S/C18H15F5O6/c19-10-9(11(20)13(22)14(23)12(10)21)6-1-3-7(4-2-6)28-18-17(27)16(26)15(25)8(5-24)29-18/h1-4,8,15-18,24-27H,5H2/t8-,15-,16+,17+,18+/m1/s1. The molecule has 2 aromatic rings. The molecular formula is C18H15F5O6. The van der Waals surface area contributed by atoms with E-state index in [1.807, 2.05) is 0 Å². The third-order valence-corrected chi connectivity index (χ3v) is 4.45. The third kappa shape index (κ3) is 3.79. The van der Waals surface area contributed by atoms with E-state index in [4.69, 9.17) is 14.6 Å². The number of halogens is 5. The van der Waals surface area contributed by atoms with Crippen LogP contribution in [0.4, 0.5) is 22.0 Å². The number of rotatable bonds is 4. The van der Waals surface area contributed by atoms with Gasteiger partial charge >= 0.3 is 0 Å². The van der Waals surface area contributed by atoms with E-state index >= 15 is 0 Å². The number of hydrogen-bond acceptors (Lipinski definition) is 6. The van der Waals surface area contributed by atoms with Crippen LogP contribution < -0.4 is 4.74 Å². The van der Waals surface area contributed by atoms with Crippen molar-refractivity contribution >= 4 is 0 Å². The monoisotopic (exact) mass is 422 g/mol. The Morgan fingerprint density at radius 3 is 1.79 bits per heavy atom. The van der Waals surface area contributed by atoms with Gasteiger partial charge in [-0.2, -0.15) is 0 Å². The van der Waals surface area contributed by atoms with Gasteiger partial charge in [0.1, 0.15) is 30.2 Å². The summed E-state index contributed by atoms with van der Waals surface area (Å²) in [5, 5.41) is 38.5. The number of benzene rings is 2. The molecule has 3 rings (SSSR count). The van der Waals surface area contributed by atoms with Crippen LogP contribution >= 0.6 is 0 Å². The van der Waals surface area contributed by atoms with Crippen LogP contribution in [0.15, 0.2) is 24.3 Å². The van der Waals surface area contributed by atoms with E-state index in [9.17, 15) is 37.3 Å². The maximum atomic E-state index is 13.9. The number of hydrogen-bond donors (Lipinski definition) is 4. The zero-order valence-electron chi connectivity index (χ0n) is 14.4. The summed E-state index contributed by atoms with van der Waals surface area (Å²) in [5.41, 5.74) is -1.46. The molecule has 1 heterocycles. The van der Waals surface area contributed by atoms with Crippen molar-refractivity contribution in [3.05, 3.63) is 53.4 Å². The number of aliphatic hydroxyl groups excluding tert-OH is 4. The minimum absolute atomic E-state index is 0.0537. The second kappa shape index (κ2) is 8.20. The van der Waals surface area contributed by atoms with Gasteiger partial charge in [0, 0.05) is 0 Å². The Labute approximate surface area is 160 Å². The van der Waals surface area contributed by atoms with Crippen molar-refractivity contribution in [2.24, 2.45) is 0 Å². The fourth-order valence-electron chi connectivity index (χ4n) is 2.86. The molecule has 0 amide bonds. The summed E-state index contributed by atoms with van der Waals surface area (Å²) in [5.74, 6) is -10.5. The molecule has 1 aliphatic rings. The highest BCUT2D eigenvalue weighted by molar-refractivity contribution is 5.66. The summed E-state index contributed by atoms with van der Waals surface area (Å²) in [6.07, 6.45) is -7.69. The van der Waals surface area contributed by atoms with Gasteiger partial charge in [-0.3, -0.25) is 0 Å². The maximum Gasteiger partial charge on any atom is 0.229 e. The van der Waals surface area contributed by atoms with Crippen LogP contribution in [0.25, 0.3) is 11.1 Å². The summed E-state index contributed by atoms with van der Waals surface area (Å²) in [7, 11) is 0. The van der Waals surface area contributed by atoms with Crippen LogP contribution in [0.2, 0.25) is 0 Å². The molecule has 1 aliphatic heterocycles. The van der Waals surface area contributed by atoms with E-state index in [-0.39, 0.29) is 11.3 Å². The SMILES string of the molecule is OC[C@H]1O[C@H](Oc2ccc(-c3c(F)c(F)c(F)c(F)c3F)cc2)[C@@H](O)[C@@H](O)[C@@H]1O. The van der Waals surface area contributed by atoms with Crippen LogP contribution in [-0.2, 0) is 4.74 Å². The van der Waals surface area contributed by atoms with E-state index in [0.717, 1.165) is 24.3 Å². The first-order valence-electron chi connectivity index (χ1n) is 8.26. The van der Waals surface area contributed by atoms with E-state index < -0.39 is 72.0 Å². The topological polar surface area (TPSA) is 99.4 Å². The average Bonchev–Trinajstić information content (AvgIpc) is 2.72. The summed E-state index contributed by atoms with van der Waals surface area (Å²) in [6, 6.07) is 4.24. The lowest BCUT2D eigenvalue weighted by atomic mass is 9.99. The Balaban J connectivity index is 1.85. The van der Waals surface area contributed by atoms with Gasteiger partial charge in [0.25, 0.3) is 0 Å². The van der Waals surface area contributed by atoms with E-state index in [1.165, 1.54) is 0 Å². The van der Waals surface area contributed by atoms with Gasteiger partial charge in [0.15, 0.2) is 23.3 Å². The normalized spacial score (nSPS) is 27.1. The maximum absolute atomic E-state index is 13.9. The van der Waals surface area contributed by atoms with Crippen LogP contribution in [-0.4, -0.2) is 57.7 Å². The van der Waals surface area contributed by atoms with E-state index in [0.29, 0.717) is 0 Å². The average molecular weight is 422 g/mol. The minimum Gasteiger partial charge on any atom is -0.462 e. The van der Waals surface area contributed by atoms with Gasteiger partial charge in [0.2, 0.25) is 12.1 Å². The molecule has 0 spiro atoms. The second-order valence-corrected chi connectivity index (χ2v) is 6.28. The van der Waals surface area contributed by atoms with Gasteiger partial charge in [-0.15, -0.1) is 0 Å². The van der Waals surface area contributed by atoms with Crippen molar-refractivity contribution in [3.63, 3.8) is 0 Å². The molecule has 29 heavy (non-hydrogen) atoms. The Morgan fingerprint density at radius 1 is 0.759 bits per heavy atom. The summed E-state index contributed by atoms with van der Waals surface area (Å²) < 4.78 is 78.1. The Bertz CT molecular complexity index is 862. The molecule has 1 fully saturated rings. The highest BCUT2D eigenvalue weighted by Crippen LogP contribution is 2.33. The Morgan fingerprint density at radius 2 is 1.28 bits per heavy atom. The highest BCUT2D eigenvalue weighted by Gasteiger charge is 2.44. The largest absolute Gasteiger partial charge is 0.462 e. The third-order valence-electron chi connectivity index (χ3n) is 4.45. The van der Waals surface area contributed by atoms with Crippen molar-refractivity contribution in [2.75, 3.05) is 6.61 Å². The van der Waals surface area contributed by atoms with Gasteiger partial charge in [-0.05, 0) is 17.7 Å². The molecule has 2 aromatic carbocycles. The molecule has 0 aromatic heterocycles. The molecule has 11 heteroatoms. The lowest BCUT2D eigenvalue weighted by Gasteiger charge is -2.39. The molecule has 0 bridgehead atoms. The van der Waals surface area contributed by atoms with Crippen molar-refractivity contribution in [2.45, 2.75) is 30.7 Å². The molecule has 0 saturated carbocycles. The van der Waals surface area contributed by atoms with Crippen LogP contribution in [0.5, 0.6) is 5.75 Å². The lowest BCUT2D eigenvalue weighted by molar-refractivity contribution is -0.277. The fraction of sp³-hybridized carbons (Fsp3) is 0.333. The molecule has 0 unspecified atom stereocenters. The Kier molecular flexibility index (Phi) is 6.05. The second-order valence-electron chi connectivity index (χ2n) is 6.28. The van der Waals surface area contributed by atoms with Crippen LogP contribution in [0.1, 0.15) is 0 Å². The molecule has 4 N–H and O–H groups in total. The zero-order chi connectivity index (χ0) is 21.5.